The van der Waals surface area contributed by atoms with Crippen LogP contribution in [0.4, 0.5) is 11.4 Å². The third kappa shape index (κ3) is 4.63. The molecule has 5 rings (SSSR count). The SMILES string of the molecule is N=C(N)NCCn1c2ccc(Cl)cc2c2ccc(Nc3ccccc3)c(-c3ccc(Cl)c(Cl)c3)c21. The molecule has 0 fully saturated rings. The van der Waals surface area contributed by atoms with Gasteiger partial charge in [0.25, 0.3) is 0 Å². The van der Waals surface area contributed by atoms with Gasteiger partial charge in [-0.2, -0.15) is 0 Å². The molecule has 5 aromatic rings. The molecule has 0 atom stereocenters. The fraction of sp³-hybridized carbons (Fsp3) is 0.0741. The van der Waals surface area contributed by atoms with E-state index in [2.05, 4.69) is 27.3 Å². The summed E-state index contributed by atoms with van der Waals surface area (Å²) in [7, 11) is 0. The summed E-state index contributed by atoms with van der Waals surface area (Å²) in [5.74, 6) is -0.0649. The lowest BCUT2D eigenvalue weighted by Crippen LogP contribution is -2.32. The van der Waals surface area contributed by atoms with Crippen molar-refractivity contribution in [2.45, 2.75) is 6.54 Å². The van der Waals surface area contributed by atoms with E-state index in [0.29, 0.717) is 28.2 Å². The molecule has 0 aliphatic heterocycles. The molecule has 0 aliphatic carbocycles. The Kier molecular flexibility index (Phi) is 6.48. The highest BCUT2D eigenvalue weighted by atomic mass is 35.5. The maximum atomic E-state index is 7.56. The second kappa shape index (κ2) is 9.70. The van der Waals surface area contributed by atoms with Gasteiger partial charge in [0.1, 0.15) is 0 Å². The number of nitrogens with two attached hydrogens (primary N) is 1. The third-order valence-electron chi connectivity index (χ3n) is 5.90. The minimum absolute atomic E-state index is 0.0649. The molecule has 0 amide bonds. The van der Waals surface area contributed by atoms with Crippen molar-refractivity contribution in [3.05, 3.63) is 93.9 Å². The zero-order chi connectivity index (χ0) is 24.5. The van der Waals surface area contributed by atoms with Gasteiger partial charge in [-0.15, -0.1) is 0 Å². The Labute approximate surface area is 217 Å². The van der Waals surface area contributed by atoms with Crippen LogP contribution in [-0.4, -0.2) is 17.1 Å². The Morgan fingerprint density at radius 3 is 2.40 bits per heavy atom. The highest BCUT2D eigenvalue weighted by molar-refractivity contribution is 6.42. The predicted octanol–water partition coefficient (Wildman–Crippen LogP) is 7.65. The van der Waals surface area contributed by atoms with E-state index in [1.54, 1.807) is 0 Å². The molecule has 0 spiro atoms. The largest absolute Gasteiger partial charge is 0.370 e. The predicted molar refractivity (Wildman–Crippen MR) is 150 cm³/mol. The maximum absolute atomic E-state index is 7.56. The lowest BCUT2D eigenvalue weighted by molar-refractivity contribution is 0.709. The van der Waals surface area contributed by atoms with Crippen LogP contribution in [0.1, 0.15) is 0 Å². The van der Waals surface area contributed by atoms with Gasteiger partial charge in [-0.25, -0.2) is 0 Å². The van der Waals surface area contributed by atoms with Gasteiger partial charge in [-0.3, -0.25) is 5.41 Å². The molecule has 1 heterocycles. The molecule has 1 aromatic heterocycles. The molecule has 0 radical (unpaired) electrons. The van der Waals surface area contributed by atoms with Crippen molar-refractivity contribution in [3.8, 4) is 11.1 Å². The van der Waals surface area contributed by atoms with Crippen LogP contribution in [-0.2, 0) is 6.54 Å². The van der Waals surface area contributed by atoms with Gasteiger partial charge >= 0.3 is 0 Å². The van der Waals surface area contributed by atoms with Crippen LogP contribution >= 0.6 is 34.8 Å². The number of guanidine groups is 1. The van der Waals surface area contributed by atoms with Crippen LogP contribution in [0.2, 0.25) is 15.1 Å². The van der Waals surface area contributed by atoms with Crippen LogP contribution in [0.15, 0.2) is 78.9 Å². The Bertz CT molecular complexity index is 1560. The monoisotopic (exact) mass is 521 g/mol. The van der Waals surface area contributed by atoms with Crippen molar-refractivity contribution in [3.63, 3.8) is 0 Å². The summed E-state index contributed by atoms with van der Waals surface area (Å²) < 4.78 is 2.23. The topological polar surface area (TPSA) is 78.9 Å². The average Bonchev–Trinajstić information content (AvgIpc) is 3.14. The van der Waals surface area contributed by atoms with Crippen molar-refractivity contribution < 1.29 is 0 Å². The second-order valence-electron chi connectivity index (χ2n) is 8.16. The first-order valence-electron chi connectivity index (χ1n) is 11.0. The van der Waals surface area contributed by atoms with Crippen LogP contribution < -0.4 is 16.4 Å². The molecular weight excluding hydrogens is 501 g/mol. The van der Waals surface area contributed by atoms with Crippen molar-refractivity contribution >= 4 is 73.9 Å². The fourth-order valence-corrected chi connectivity index (χ4v) is 4.90. The van der Waals surface area contributed by atoms with E-state index in [-0.39, 0.29) is 5.96 Å². The number of aromatic nitrogens is 1. The summed E-state index contributed by atoms with van der Waals surface area (Å²) in [6.07, 6.45) is 0. The number of hydrogen-bond donors (Lipinski definition) is 4. The molecule has 4 aromatic carbocycles. The van der Waals surface area contributed by atoms with Gasteiger partial charge in [-0.05, 0) is 54.1 Å². The number of hydrogen-bond acceptors (Lipinski definition) is 2. The van der Waals surface area contributed by atoms with Crippen LogP contribution in [0.5, 0.6) is 0 Å². The number of nitrogens with zero attached hydrogens (tertiary/aromatic N) is 1. The molecule has 0 saturated heterocycles. The number of para-hydroxylation sites is 1. The first kappa shape index (κ1) is 23.4. The van der Waals surface area contributed by atoms with Crippen molar-refractivity contribution in [1.29, 1.82) is 5.41 Å². The van der Waals surface area contributed by atoms with Crippen LogP contribution in [0.25, 0.3) is 32.9 Å². The average molecular weight is 523 g/mol. The zero-order valence-electron chi connectivity index (χ0n) is 18.6. The lowest BCUT2D eigenvalue weighted by Gasteiger charge is -2.17. The Morgan fingerprint density at radius 1 is 0.857 bits per heavy atom. The van der Waals surface area contributed by atoms with Gasteiger partial charge in [0.05, 0.1) is 15.6 Å². The number of anilines is 2. The normalized spacial score (nSPS) is 11.2. The zero-order valence-corrected chi connectivity index (χ0v) is 20.8. The number of halogens is 3. The third-order valence-corrected chi connectivity index (χ3v) is 6.87. The number of benzene rings is 4. The summed E-state index contributed by atoms with van der Waals surface area (Å²) in [6, 6.07) is 25.8. The van der Waals surface area contributed by atoms with Gasteiger partial charge in [-0.1, -0.05) is 65.1 Å². The van der Waals surface area contributed by atoms with E-state index in [1.165, 1.54) is 0 Å². The number of rotatable bonds is 6. The molecule has 0 saturated carbocycles. The molecule has 0 unspecified atom stereocenters. The van der Waals surface area contributed by atoms with E-state index in [0.717, 1.165) is 44.3 Å². The summed E-state index contributed by atoms with van der Waals surface area (Å²) >= 11 is 19.1. The van der Waals surface area contributed by atoms with Gasteiger partial charge in [0.2, 0.25) is 0 Å². The maximum Gasteiger partial charge on any atom is 0.185 e. The minimum atomic E-state index is -0.0649. The van der Waals surface area contributed by atoms with Crippen LogP contribution in [0, 0.1) is 5.41 Å². The van der Waals surface area contributed by atoms with E-state index in [9.17, 15) is 0 Å². The fourth-order valence-electron chi connectivity index (χ4n) is 4.43. The van der Waals surface area contributed by atoms with E-state index < -0.39 is 0 Å². The summed E-state index contributed by atoms with van der Waals surface area (Å²) in [5.41, 5.74) is 11.4. The molecular formula is C27H22Cl3N5. The molecule has 5 nitrogen and oxygen atoms in total. The van der Waals surface area contributed by atoms with Crippen molar-refractivity contribution in [2.24, 2.45) is 5.73 Å². The molecule has 176 valence electrons. The smallest absolute Gasteiger partial charge is 0.185 e. The van der Waals surface area contributed by atoms with Gasteiger partial charge in [0, 0.05) is 51.3 Å². The molecule has 5 N–H and O–H groups in total. The van der Waals surface area contributed by atoms with E-state index >= 15 is 0 Å². The highest BCUT2D eigenvalue weighted by Gasteiger charge is 2.19. The summed E-state index contributed by atoms with van der Waals surface area (Å²) in [4.78, 5) is 0. The Balaban J connectivity index is 1.82. The number of fused-ring (bicyclic) bond motifs is 3. The molecule has 0 bridgehead atoms. The Hall–Kier alpha value is -3.38. The first-order chi connectivity index (χ1) is 16.9. The molecule has 0 aliphatic rings. The molecule has 35 heavy (non-hydrogen) atoms. The van der Waals surface area contributed by atoms with Crippen molar-refractivity contribution in [2.75, 3.05) is 11.9 Å². The quantitative estimate of drug-likeness (QED) is 0.137. The second-order valence-corrected chi connectivity index (χ2v) is 9.41. The standard InChI is InChI=1S/C27H22Cl3N5/c28-17-7-11-24-20(15-17)19-8-10-23(34-18-4-2-1-3-5-18)25(16-6-9-21(29)22(30)14-16)26(19)35(24)13-12-33-27(31)32/h1-11,14-15,34H,12-13H2,(H4,31,32,33). The van der Waals surface area contributed by atoms with Crippen molar-refractivity contribution in [1.82, 2.24) is 9.88 Å². The summed E-state index contributed by atoms with van der Waals surface area (Å²) in [5, 5.41) is 17.8. The first-order valence-corrected chi connectivity index (χ1v) is 12.2. The van der Waals surface area contributed by atoms with E-state index in [1.807, 2.05) is 66.7 Å². The minimum Gasteiger partial charge on any atom is -0.370 e. The number of nitrogens with one attached hydrogen (secondary N) is 3. The van der Waals surface area contributed by atoms with Gasteiger partial charge < -0.3 is 20.9 Å². The van der Waals surface area contributed by atoms with Crippen LogP contribution in [0.3, 0.4) is 0 Å². The Morgan fingerprint density at radius 2 is 1.66 bits per heavy atom. The van der Waals surface area contributed by atoms with Gasteiger partial charge in [0.15, 0.2) is 5.96 Å². The van der Waals surface area contributed by atoms with E-state index in [4.69, 9.17) is 45.9 Å². The lowest BCUT2D eigenvalue weighted by atomic mass is 9.99. The molecule has 8 heteroatoms. The summed E-state index contributed by atoms with van der Waals surface area (Å²) in [6.45, 7) is 1.08. The highest BCUT2D eigenvalue weighted by Crippen LogP contribution is 2.43.